The predicted octanol–water partition coefficient (Wildman–Crippen LogP) is 3.42. The van der Waals surface area contributed by atoms with Crippen LogP contribution in [-0.2, 0) is 0 Å². The molecule has 2 rings (SSSR count). The van der Waals surface area contributed by atoms with Gasteiger partial charge in [0.1, 0.15) is 5.82 Å². The third kappa shape index (κ3) is 3.41. The first kappa shape index (κ1) is 14.2. The standard InChI is InChI=1S/C14H16ClN3S/c1-9-6-7-18-14(17)13(9)11(16)8-19-12-5-3-2-4-10(12)15/h2-7,11H,8,16H2,1H3,(H2,17,18). The van der Waals surface area contributed by atoms with E-state index in [-0.39, 0.29) is 6.04 Å². The lowest BCUT2D eigenvalue weighted by Crippen LogP contribution is -2.17. The molecule has 100 valence electrons. The van der Waals surface area contributed by atoms with Gasteiger partial charge in [-0.25, -0.2) is 4.98 Å². The Morgan fingerprint density at radius 2 is 2.05 bits per heavy atom. The summed E-state index contributed by atoms with van der Waals surface area (Å²) in [6.45, 7) is 1.99. The first-order chi connectivity index (χ1) is 9.09. The average Bonchev–Trinajstić information content (AvgIpc) is 2.37. The molecule has 0 aliphatic carbocycles. The zero-order valence-corrected chi connectivity index (χ0v) is 12.2. The first-order valence-corrected chi connectivity index (χ1v) is 7.30. The van der Waals surface area contributed by atoms with Gasteiger partial charge in [-0.05, 0) is 30.7 Å². The van der Waals surface area contributed by atoms with Crippen LogP contribution in [0.2, 0.25) is 5.02 Å². The number of pyridine rings is 1. The molecule has 5 heteroatoms. The van der Waals surface area contributed by atoms with E-state index in [0.29, 0.717) is 11.6 Å². The van der Waals surface area contributed by atoms with Crippen molar-refractivity contribution < 1.29 is 0 Å². The molecule has 3 nitrogen and oxygen atoms in total. The van der Waals surface area contributed by atoms with Crippen molar-refractivity contribution in [1.29, 1.82) is 0 Å². The van der Waals surface area contributed by atoms with Crippen LogP contribution in [0.3, 0.4) is 0 Å². The third-order valence-electron chi connectivity index (χ3n) is 2.86. The van der Waals surface area contributed by atoms with Gasteiger partial charge in [0.15, 0.2) is 0 Å². The zero-order valence-electron chi connectivity index (χ0n) is 10.6. The monoisotopic (exact) mass is 293 g/mol. The second-order valence-electron chi connectivity index (χ2n) is 4.27. The number of hydrogen-bond donors (Lipinski definition) is 2. The summed E-state index contributed by atoms with van der Waals surface area (Å²) in [4.78, 5) is 5.12. The van der Waals surface area contributed by atoms with Crippen molar-refractivity contribution in [2.45, 2.75) is 17.9 Å². The quantitative estimate of drug-likeness (QED) is 0.848. The molecule has 0 saturated carbocycles. The van der Waals surface area contributed by atoms with Gasteiger partial charge in [-0.15, -0.1) is 11.8 Å². The second-order valence-corrected chi connectivity index (χ2v) is 5.74. The highest BCUT2D eigenvalue weighted by Gasteiger charge is 2.14. The van der Waals surface area contributed by atoms with E-state index in [4.69, 9.17) is 23.1 Å². The van der Waals surface area contributed by atoms with E-state index in [0.717, 1.165) is 21.0 Å². The van der Waals surface area contributed by atoms with Crippen LogP contribution in [0.15, 0.2) is 41.4 Å². The summed E-state index contributed by atoms with van der Waals surface area (Å²) in [7, 11) is 0. The van der Waals surface area contributed by atoms with E-state index >= 15 is 0 Å². The van der Waals surface area contributed by atoms with Gasteiger partial charge in [-0.1, -0.05) is 23.7 Å². The molecule has 0 bridgehead atoms. The molecule has 2 aromatic rings. The molecule has 1 unspecified atom stereocenters. The summed E-state index contributed by atoms with van der Waals surface area (Å²) in [6.07, 6.45) is 1.70. The Kier molecular flexibility index (Phi) is 4.69. The summed E-state index contributed by atoms with van der Waals surface area (Å²) < 4.78 is 0. The molecule has 0 radical (unpaired) electrons. The van der Waals surface area contributed by atoms with Crippen LogP contribution in [0, 0.1) is 6.92 Å². The van der Waals surface area contributed by atoms with Gasteiger partial charge in [-0.2, -0.15) is 0 Å². The largest absolute Gasteiger partial charge is 0.383 e. The molecule has 0 saturated heterocycles. The first-order valence-electron chi connectivity index (χ1n) is 5.93. The minimum Gasteiger partial charge on any atom is -0.383 e. The van der Waals surface area contributed by atoms with Crippen LogP contribution in [0.5, 0.6) is 0 Å². The van der Waals surface area contributed by atoms with Crippen molar-refractivity contribution >= 4 is 29.2 Å². The van der Waals surface area contributed by atoms with Crippen molar-refractivity contribution in [3.63, 3.8) is 0 Å². The van der Waals surface area contributed by atoms with Gasteiger partial charge in [0, 0.05) is 28.5 Å². The van der Waals surface area contributed by atoms with Crippen LogP contribution in [0.1, 0.15) is 17.2 Å². The number of hydrogen-bond acceptors (Lipinski definition) is 4. The molecule has 1 atom stereocenters. The van der Waals surface area contributed by atoms with Crippen LogP contribution in [-0.4, -0.2) is 10.7 Å². The number of halogens is 1. The highest BCUT2D eigenvalue weighted by Crippen LogP contribution is 2.31. The molecule has 0 amide bonds. The molecule has 19 heavy (non-hydrogen) atoms. The topological polar surface area (TPSA) is 64.9 Å². The molecule has 1 aromatic carbocycles. The minimum absolute atomic E-state index is 0.157. The highest BCUT2D eigenvalue weighted by molar-refractivity contribution is 7.99. The normalized spacial score (nSPS) is 12.4. The number of rotatable bonds is 4. The van der Waals surface area contributed by atoms with Gasteiger partial charge in [0.2, 0.25) is 0 Å². The Morgan fingerprint density at radius 1 is 1.32 bits per heavy atom. The number of aryl methyl sites for hydroxylation is 1. The molecule has 0 spiro atoms. The number of nitrogens with zero attached hydrogens (tertiary/aromatic N) is 1. The molecule has 0 fully saturated rings. The maximum Gasteiger partial charge on any atom is 0.128 e. The fourth-order valence-electron chi connectivity index (χ4n) is 1.90. The van der Waals surface area contributed by atoms with E-state index in [1.54, 1.807) is 18.0 Å². The van der Waals surface area contributed by atoms with Gasteiger partial charge < -0.3 is 11.5 Å². The van der Waals surface area contributed by atoms with Gasteiger partial charge in [0.05, 0.1) is 5.02 Å². The van der Waals surface area contributed by atoms with Crippen molar-refractivity contribution in [2.75, 3.05) is 11.5 Å². The summed E-state index contributed by atoms with van der Waals surface area (Å²) >= 11 is 7.74. The van der Waals surface area contributed by atoms with E-state index in [1.807, 2.05) is 37.3 Å². The van der Waals surface area contributed by atoms with E-state index in [1.165, 1.54) is 0 Å². The Morgan fingerprint density at radius 3 is 2.74 bits per heavy atom. The van der Waals surface area contributed by atoms with Crippen molar-refractivity contribution in [1.82, 2.24) is 4.98 Å². The van der Waals surface area contributed by atoms with E-state index in [9.17, 15) is 0 Å². The van der Waals surface area contributed by atoms with Gasteiger partial charge >= 0.3 is 0 Å². The van der Waals surface area contributed by atoms with Crippen molar-refractivity contribution in [2.24, 2.45) is 5.73 Å². The van der Waals surface area contributed by atoms with Crippen LogP contribution < -0.4 is 11.5 Å². The number of thioether (sulfide) groups is 1. The van der Waals surface area contributed by atoms with Crippen LogP contribution in [0.25, 0.3) is 0 Å². The zero-order chi connectivity index (χ0) is 13.8. The summed E-state index contributed by atoms with van der Waals surface area (Å²) in [5, 5.41) is 0.746. The summed E-state index contributed by atoms with van der Waals surface area (Å²) in [5.74, 6) is 1.22. The van der Waals surface area contributed by atoms with Crippen molar-refractivity contribution in [3.8, 4) is 0 Å². The van der Waals surface area contributed by atoms with Crippen molar-refractivity contribution in [3.05, 3.63) is 52.7 Å². The molecule has 1 heterocycles. The smallest absolute Gasteiger partial charge is 0.128 e. The number of aromatic nitrogens is 1. The fraction of sp³-hybridized carbons (Fsp3) is 0.214. The minimum atomic E-state index is -0.157. The molecule has 4 N–H and O–H groups in total. The number of nitrogen functional groups attached to an aromatic ring is 1. The molecule has 1 aromatic heterocycles. The van der Waals surface area contributed by atoms with Gasteiger partial charge in [-0.3, -0.25) is 0 Å². The van der Waals surface area contributed by atoms with Gasteiger partial charge in [0.25, 0.3) is 0 Å². The molecule has 0 aliphatic rings. The predicted molar refractivity (Wildman–Crippen MR) is 82.5 cm³/mol. The maximum atomic E-state index is 6.21. The number of anilines is 1. The Hall–Kier alpha value is -1.23. The summed E-state index contributed by atoms with van der Waals surface area (Å²) in [6, 6.07) is 9.50. The molecular formula is C14H16ClN3S. The molecular weight excluding hydrogens is 278 g/mol. The molecule has 0 aliphatic heterocycles. The lowest BCUT2D eigenvalue weighted by atomic mass is 10.1. The van der Waals surface area contributed by atoms with Crippen LogP contribution >= 0.6 is 23.4 Å². The number of benzene rings is 1. The number of nitrogens with two attached hydrogens (primary N) is 2. The Bertz CT molecular complexity index is 554. The highest BCUT2D eigenvalue weighted by atomic mass is 35.5. The Labute approximate surface area is 122 Å². The summed E-state index contributed by atoms with van der Waals surface area (Å²) in [5.41, 5.74) is 14.1. The third-order valence-corrected chi connectivity index (χ3v) is 4.50. The van der Waals surface area contributed by atoms with Crippen LogP contribution in [0.4, 0.5) is 5.82 Å². The fourth-order valence-corrected chi connectivity index (χ4v) is 3.10. The van der Waals surface area contributed by atoms with E-state index < -0.39 is 0 Å². The lowest BCUT2D eigenvalue weighted by molar-refractivity contribution is 0.819. The second kappa shape index (κ2) is 6.28. The SMILES string of the molecule is Cc1ccnc(N)c1C(N)CSc1ccccc1Cl. The maximum absolute atomic E-state index is 6.21. The van der Waals surface area contributed by atoms with E-state index in [2.05, 4.69) is 4.98 Å². The Balaban J connectivity index is 2.10. The lowest BCUT2D eigenvalue weighted by Gasteiger charge is -2.16. The average molecular weight is 294 g/mol.